The van der Waals surface area contributed by atoms with Crippen LogP contribution in [0.25, 0.3) is 0 Å². The largest absolute Gasteiger partial charge is 0.481 e. The highest BCUT2D eigenvalue weighted by atomic mass is 16.5. The Labute approximate surface area is 71.0 Å². The summed E-state index contributed by atoms with van der Waals surface area (Å²) >= 11 is 0. The molecule has 0 saturated carbocycles. The molecule has 4 atom stereocenters. The highest BCUT2D eigenvalue weighted by molar-refractivity contribution is 5.70. The summed E-state index contributed by atoms with van der Waals surface area (Å²) in [5, 5.41) is 8.79. The van der Waals surface area contributed by atoms with Crippen molar-refractivity contribution < 1.29 is 14.6 Å². The molecule has 2 heterocycles. The molecule has 3 heteroatoms. The SMILES string of the molecule is CC(C(=O)O)C1CC2C=CC1O2. The van der Waals surface area contributed by atoms with E-state index in [1.165, 1.54) is 0 Å². The molecule has 0 spiro atoms. The lowest BCUT2D eigenvalue weighted by atomic mass is 9.84. The van der Waals surface area contributed by atoms with E-state index in [2.05, 4.69) is 0 Å². The van der Waals surface area contributed by atoms with E-state index >= 15 is 0 Å². The molecule has 0 aromatic carbocycles. The Morgan fingerprint density at radius 1 is 1.67 bits per heavy atom. The number of carbonyl (C=O) groups is 1. The third kappa shape index (κ3) is 1.05. The van der Waals surface area contributed by atoms with Crippen molar-refractivity contribution in [2.45, 2.75) is 25.6 Å². The van der Waals surface area contributed by atoms with Crippen LogP contribution in [0.2, 0.25) is 0 Å². The molecular weight excluding hydrogens is 156 g/mol. The average molecular weight is 168 g/mol. The number of aliphatic carboxylic acids is 1. The molecule has 12 heavy (non-hydrogen) atoms. The zero-order chi connectivity index (χ0) is 8.72. The van der Waals surface area contributed by atoms with Crippen molar-refractivity contribution in [1.29, 1.82) is 0 Å². The fourth-order valence-electron chi connectivity index (χ4n) is 1.98. The fraction of sp³-hybridized carbons (Fsp3) is 0.667. The molecular formula is C9H12O3. The van der Waals surface area contributed by atoms with Crippen LogP contribution in [0.4, 0.5) is 0 Å². The van der Waals surface area contributed by atoms with Gasteiger partial charge in [-0.2, -0.15) is 0 Å². The van der Waals surface area contributed by atoms with E-state index in [4.69, 9.17) is 9.84 Å². The molecule has 2 aliphatic rings. The number of rotatable bonds is 2. The van der Waals surface area contributed by atoms with Gasteiger partial charge in [0.1, 0.15) is 0 Å². The van der Waals surface area contributed by atoms with Gasteiger partial charge in [-0.15, -0.1) is 0 Å². The zero-order valence-corrected chi connectivity index (χ0v) is 6.93. The van der Waals surface area contributed by atoms with E-state index < -0.39 is 5.97 Å². The molecule has 0 aromatic rings. The lowest BCUT2D eigenvalue weighted by Gasteiger charge is -2.19. The van der Waals surface area contributed by atoms with Crippen molar-refractivity contribution in [3.8, 4) is 0 Å². The van der Waals surface area contributed by atoms with Crippen molar-refractivity contribution >= 4 is 5.97 Å². The lowest BCUT2D eigenvalue weighted by molar-refractivity contribution is -0.143. The molecule has 3 nitrogen and oxygen atoms in total. The molecule has 2 rings (SSSR count). The van der Waals surface area contributed by atoms with Crippen molar-refractivity contribution in [3.05, 3.63) is 12.2 Å². The van der Waals surface area contributed by atoms with Crippen LogP contribution >= 0.6 is 0 Å². The third-order valence-electron chi connectivity index (χ3n) is 2.81. The summed E-state index contributed by atoms with van der Waals surface area (Å²) in [6.07, 6.45) is 5.12. The summed E-state index contributed by atoms with van der Waals surface area (Å²) in [5.41, 5.74) is 0. The van der Waals surface area contributed by atoms with Crippen molar-refractivity contribution in [2.75, 3.05) is 0 Å². The summed E-state index contributed by atoms with van der Waals surface area (Å²) in [7, 11) is 0. The average Bonchev–Trinajstić information content (AvgIpc) is 2.62. The van der Waals surface area contributed by atoms with Crippen molar-refractivity contribution in [1.82, 2.24) is 0 Å². The summed E-state index contributed by atoms with van der Waals surface area (Å²) in [4.78, 5) is 10.7. The topological polar surface area (TPSA) is 46.5 Å². The van der Waals surface area contributed by atoms with Gasteiger partial charge in [0.25, 0.3) is 0 Å². The molecule has 0 aliphatic carbocycles. The van der Waals surface area contributed by atoms with E-state index in [9.17, 15) is 4.79 Å². The Balaban J connectivity index is 2.07. The van der Waals surface area contributed by atoms with Crippen LogP contribution in [0.3, 0.4) is 0 Å². The van der Waals surface area contributed by atoms with E-state index in [1.807, 2.05) is 12.2 Å². The van der Waals surface area contributed by atoms with Crippen LogP contribution < -0.4 is 0 Å². The second kappa shape index (κ2) is 2.59. The van der Waals surface area contributed by atoms with E-state index in [-0.39, 0.29) is 24.0 Å². The van der Waals surface area contributed by atoms with Crippen molar-refractivity contribution in [2.24, 2.45) is 11.8 Å². The first-order chi connectivity index (χ1) is 5.68. The number of hydrogen-bond donors (Lipinski definition) is 1. The first-order valence-corrected chi connectivity index (χ1v) is 4.25. The highest BCUT2D eigenvalue weighted by Crippen LogP contribution is 2.37. The van der Waals surface area contributed by atoms with Gasteiger partial charge in [-0.3, -0.25) is 4.79 Å². The van der Waals surface area contributed by atoms with Crippen molar-refractivity contribution in [3.63, 3.8) is 0 Å². The number of ether oxygens (including phenoxy) is 1. The van der Waals surface area contributed by atoms with Gasteiger partial charge in [-0.1, -0.05) is 19.1 Å². The minimum absolute atomic E-state index is 0.0566. The number of carboxylic acid groups (broad SMARTS) is 1. The fourth-order valence-corrected chi connectivity index (χ4v) is 1.98. The van der Waals surface area contributed by atoms with Gasteiger partial charge in [0.05, 0.1) is 18.1 Å². The third-order valence-corrected chi connectivity index (χ3v) is 2.81. The maximum Gasteiger partial charge on any atom is 0.306 e. The number of hydrogen-bond acceptors (Lipinski definition) is 2. The Hall–Kier alpha value is -0.830. The maximum atomic E-state index is 10.7. The Morgan fingerprint density at radius 2 is 2.42 bits per heavy atom. The van der Waals surface area contributed by atoms with Crippen LogP contribution in [-0.2, 0) is 9.53 Å². The number of fused-ring (bicyclic) bond motifs is 2. The predicted octanol–water partition coefficient (Wildman–Crippen LogP) is 1.05. The minimum Gasteiger partial charge on any atom is -0.481 e. The maximum absolute atomic E-state index is 10.7. The monoisotopic (exact) mass is 168 g/mol. The Bertz CT molecular complexity index is 234. The molecule has 66 valence electrons. The highest BCUT2D eigenvalue weighted by Gasteiger charge is 2.41. The number of carboxylic acids is 1. The van der Waals surface area contributed by atoms with E-state index in [0.717, 1.165) is 6.42 Å². The summed E-state index contributed by atoms with van der Waals surface area (Å²) in [5.74, 6) is -0.827. The van der Waals surface area contributed by atoms with Gasteiger partial charge in [0.15, 0.2) is 0 Å². The summed E-state index contributed by atoms with van der Waals surface area (Å²) in [6.45, 7) is 1.75. The van der Waals surface area contributed by atoms with Gasteiger partial charge in [0, 0.05) is 5.92 Å². The van der Waals surface area contributed by atoms with E-state index in [0.29, 0.717) is 0 Å². The first-order valence-electron chi connectivity index (χ1n) is 4.25. The van der Waals surface area contributed by atoms with Crippen LogP contribution in [0.1, 0.15) is 13.3 Å². The van der Waals surface area contributed by atoms with Gasteiger partial charge >= 0.3 is 5.97 Å². The smallest absolute Gasteiger partial charge is 0.306 e. The molecule has 4 unspecified atom stereocenters. The Morgan fingerprint density at radius 3 is 2.83 bits per heavy atom. The molecule has 0 radical (unpaired) electrons. The minimum atomic E-state index is -0.718. The first kappa shape index (κ1) is 7.80. The van der Waals surface area contributed by atoms with Gasteiger partial charge in [-0.25, -0.2) is 0 Å². The second-order valence-corrected chi connectivity index (χ2v) is 3.55. The zero-order valence-electron chi connectivity index (χ0n) is 6.93. The van der Waals surface area contributed by atoms with E-state index in [1.54, 1.807) is 6.92 Å². The molecule has 1 saturated heterocycles. The van der Waals surface area contributed by atoms with Crippen LogP contribution in [0.5, 0.6) is 0 Å². The standard InChI is InChI=1S/C9H12O3/c1-5(9(10)11)7-4-6-2-3-8(7)12-6/h2-3,5-8H,4H2,1H3,(H,10,11). The van der Waals surface area contributed by atoms with Crippen LogP contribution in [-0.4, -0.2) is 23.3 Å². The quantitative estimate of drug-likeness (QED) is 0.627. The summed E-state index contributed by atoms with van der Waals surface area (Å²) in [6, 6.07) is 0. The normalized spacial score (nSPS) is 40.2. The predicted molar refractivity (Wildman–Crippen MR) is 42.7 cm³/mol. The summed E-state index contributed by atoms with van der Waals surface area (Å²) < 4.78 is 5.48. The second-order valence-electron chi connectivity index (χ2n) is 3.55. The molecule has 1 N–H and O–H groups in total. The molecule has 2 aliphatic heterocycles. The molecule has 0 aromatic heterocycles. The molecule has 1 fully saturated rings. The molecule has 0 amide bonds. The van der Waals surface area contributed by atoms with Gasteiger partial charge in [-0.05, 0) is 6.42 Å². The van der Waals surface area contributed by atoms with Gasteiger partial charge in [0.2, 0.25) is 0 Å². The van der Waals surface area contributed by atoms with Crippen LogP contribution in [0.15, 0.2) is 12.2 Å². The Kier molecular flexibility index (Phi) is 1.68. The molecule has 2 bridgehead atoms. The van der Waals surface area contributed by atoms with Gasteiger partial charge < -0.3 is 9.84 Å². The van der Waals surface area contributed by atoms with Crippen LogP contribution in [0, 0.1) is 11.8 Å². The lowest BCUT2D eigenvalue weighted by Crippen LogP contribution is -2.26.